The summed E-state index contributed by atoms with van der Waals surface area (Å²) in [5, 5.41) is 8.80. The highest BCUT2D eigenvalue weighted by molar-refractivity contribution is 6.31. The van der Waals surface area contributed by atoms with E-state index in [1.807, 2.05) is 4.68 Å². The van der Waals surface area contributed by atoms with Crippen molar-refractivity contribution in [3.05, 3.63) is 16.9 Å². The monoisotopic (exact) mass is 285 g/mol. The Morgan fingerprint density at radius 3 is 2.89 bits per heavy atom. The molecule has 1 saturated carbocycles. The van der Waals surface area contributed by atoms with Gasteiger partial charge < -0.3 is 10.1 Å². The fourth-order valence-corrected chi connectivity index (χ4v) is 2.71. The molecule has 1 fully saturated rings. The second kappa shape index (κ2) is 6.25. The summed E-state index contributed by atoms with van der Waals surface area (Å²) in [6.45, 7) is 6.92. The Morgan fingerprint density at radius 2 is 2.32 bits per heavy atom. The number of halogens is 1. The molecular weight excluding hydrogens is 262 g/mol. The van der Waals surface area contributed by atoms with Crippen molar-refractivity contribution in [3.63, 3.8) is 0 Å². The maximum Gasteiger partial charge on any atom is 0.0834 e. The molecule has 0 bridgehead atoms. The van der Waals surface area contributed by atoms with Gasteiger partial charge in [0.15, 0.2) is 0 Å². The van der Waals surface area contributed by atoms with Crippen molar-refractivity contribution >= 4 is 11.6 Å². The minimum absolute atomic E-state index is 0.291. The zero-order chi connectivity index (χ0) is 13.9. The lowest BCUT2D eigenvalue weighted by Crippen LogP contribution is -2.31. The molecule has 2 rings (SSSR count). The van der Waals surface area contributed by atoms with Crippen molar-refractivity contribution < 1.29 is 4.74 Å². The molecule has 1 atom stereocenters. The lowest BCUT2D eigenvalue weighted by molar-refractivity contribution is 0.180. The molecule has 1 heterocycles. The third-order valence-corrected chi connectivity index (χ3v) is 4.24. The number of nitrogens with zero attached hydrogens (tertiary/aromatic N) is 2. The largest absolute Gasteiger partial charge is 0.383 e. The first-order valence-corrected chi connectivity index (χ1v) is 7.43. The van der Waals surface area contributed by atoms with Crippen LogP contribution in [0.4, 0.5) is 0 Å². The number of nitrogens with one attached hydrogen (secondary N) is 1. The van der Waals surface area contributed by atoms with E-state index in [4.69, 9.17) is 16.3 Å². The standard InChI is InChI=1S/C14H24ClN3O/c1-4-7-16-13(14(2)5-6-14)12-11(15)10-17-18(12)8-9-19-3/h10,13,16H,4-9H2,1-3H3. The number of rotatable bonds is 8. The summed E-state index contributed by atoms with van der Waals surface area (Å²) in [6, 6.07) is 0.291. The van der Waals surface area contributed by atoms with Gasteiger partial charge in [0.1, 0.15) is 0 Å². The average Bonchev–Trinajstić information content (AvgIpc) is 3.04. The van der Waals surface area contributed by atoms with Gasteiger partial charge in [0.05, 0.1) is 36.1 Å². The molecule has 0 aromatic carbocycles. The maximum absolute atomic E-state index is 6.37. The topological polar surface area (TPSA) is 39.1 Å². The summed E-state index contributed by atoms with van der Waals surface area (Å²) in [4.78, 5) is 0. The molecule has 19 heavy (non-hydrogen) atoms. The molecule has 1 unspecified atom stereocenters. The Morgan fingerprint density at radius 1 is 1.58 bits per heavy atom. The van der Waals surface area contributed by atoms with Crippen LogP contribution in [0.5, 0.6) is 0 Å². The van der Waals surface area contributed by atoms with E-state index in [2.05, 4.69) is 24.3 Å². The summed E-state index contributed by atoms with van der Waals surface area (Å²) >= 11 is 6.37. The summed E-state index contributed by atoms with van der Waals surface area (Å²) in [7, 11) is 1.71. The normalized spacial score (nSPS) is 18.5. The van der Waals surface area contributed by atoms with Crippen molar-refractivity contribution in [2.75, 3.05) is 20.3 Å². The molecule has 0 aliphatic heterocycles. The van der Waals surface area contributed by atoms with Crippen LogP contribution >= 0.6 is 11.6 Å². The van der Waals surface area contributed by atoms with E-state index in [9.17, 15) is 0 Å². The van der Waals surface area contributed by atoms with E-state index < -0.39 is 0 Å². The third-order valence-electron chi connectivity index (χ3n) is 3.95. The number of hydrogen-bond acceptors (Lipinski definition) is 3. The van der Waals surface area contributed by atoms with Crippen LogP contribution in [-0.4, -0.2) is 30.0 Å². The molecule has 1 aromatic heterocycles. The predicted molar refractivity (Wildman–Crippen MR) is 77.5 cm³/mol. The maximum atomic E-state index is 6.37. The lowest BCUT2D eigenvalue weighted by Gasteiger charge is -2.26. The summed E-state index contributed by atoms with van der Waals surface area (Å²) in [5.74, 6) is 0. The summed E-state index contributed by atoms with van der Waals surface area (Å²) < 4.78 is 7.14. The van der Waals surface area contributed by atoms with Crippen LogP contribution in [0.1, 0.15) is 44.8 Å². The molecule has 5 heteroatoms. The summed E-state index contributed by atoms with van der Waals surface area (Å²) in [5.41, 5.74) is 1.44. The van der Waals surface area contributed by atoms with Crippen LogP contribution in [0.25, 0.3) is 0 Å². The van der Waals surface area contributed by atoms with Gasteiger partial charge in [-0.2, -0.15) is 5.10 Å². The molecule has 1 N–H and O–H groups in total. The van der Waals surface area contributed by atoms with Gasteiger partial charge in [-0.25, -0.2) is 0 Å². The van der Waals surface area contributed by atoms with Crippen LogP contribution in [0, 0.1) is 5.41 Å². The number of ether oxygens (including phenoxy) is 1. The second-order valence-electron chi connectivity index (χ2n) is 5.63. The average molecular weight is 286 g/mol. The number of methoxy groups -OCH3 is 1. The van der Waals surface area contributed by atoms with Crippen LogP contribution in [0.2, 0.25) is 5.02 Å². The van der Waals surface area contributed by atoms with E-state index >= 15 is 0 Å². The number of hydrogen-bond donors (Lipinski definition) is 1. The molecule has 4 nitrogen and oxygen atoms in total. The van der Waals surface area contributed by atoms with Gasteiger partial charge >= 0.3 is 0 Å². The van der Waals surface area contributed by atoms with Crippen LogP contribution in [-0.2, 0) is 11.3 Å². The van der Waals surface area contributed by atoms with Gasteiger partial charge in [-0.3, -0.25) is 4.68 Å². The molecule has 0 saturated heterocycles. The van der Waals surface area contributed by atoms with Crippen molar-refractivity contribution in [1.82, 2.24) is 15.1 Å². The van der Waals surface area contributed by atoms with Gasteiger partial charge in [-0.05, 0) is 31.2 Å². The summed E-state index contributed by atoms with van der Waals surface area (Å²) in [6.07, 6.45) is 5.37. The predicted octanol–water partition coefficient (Wildman–Crippen LogP) is 3.02. The van der Waals surface area contributed by atoms with Crippen LogP contribution in [0.3, 0.4) is 0 Å². The highest BCUT2D eigenvalue weighted by Crippen LogP contribution is 2.55. The van der Waals surface area contributed by atoms with Gasteiger partial charge in [-0.15, -0.1) is 0 Å². The van der Waals surface area contributed by atoms with Crippen molar-refractivity contribution in [2.24, 2.45) is 5.41 Å². The van der Waals surface area contributed by atoms with Crippen molar-refractivity contribution in [2.45, 2.75) is 45.7 Å². The lowest BCUT2D eigenvalue weighted by atomic mass is 9.95. The van der Waals surface area contributed by atoms with Gasteiger partial charge in [0.25, 0.3) is 0 Å². The molecular formula is C14H24ClN3O. The first-order valence-electron chi connectivity index (χ1n) is 7.06. The van der Waals surface area contributed by atoms with E-state index in [1.165, 1.54) is 12.8 Å². The van der Waals surface area contributed by atoms with E-state index in [0.717, 1.165) is 30.2 Å². The first kappa shape index (κ1) is 14.8. The fourth-order valence-electron chi connectivity index (χ4n) is 2.46. The van der Waals surface area contributed by atoms with E-state index in [-0.39, 0.29) is 0 Å². The zero-order valence-electron chi connectivity index (χ0n) is 12.1. The molecule has 1 aliphatic rings. The SMILES string of the molecule is CCCNC(c1c(Cl)cnn1CCOC)C1(C)CC1. The molecule has 0 radical (unpaired) electrons. The third kappa shape index (κ3) is 3.30. The highest BCUT2D eigenvalue weighted by atomic mass is 35.5. The fraction of sp³-hybridized carbons (Fsp3) is 0.786. The first-order chi connectivity index (χ1) is 9.12. The minimum atomic E-state index is 0.291. The quantitative estimate of drug-likeness (QED) is 0.798. The van der Waals surface area contributed by atoms with E-state index in [1.54, 1.807) is 13.3 Å². The molecule has 108 valence electrons. The zero-order valence-corrected chi connectivity index (χ0v) is 12.8. The Balaban J connectivity index is 2.22. The van der Waals surface area contributed by atoms with Crippen molar-refractivity contribution in [1.29, 1.82) is 0 Å². The Hall–Kier alpha value is -0.580. The van der Waals surface area contributed by atoms with Gasteiger partial charge in [0.2, 0.25) is 0 Å². The number of aromatic nitrogens is 2. The Labute approximate surface area is 120 Å². The highest BCUT2D eigenvalue weighted by Gasteiger charge is 2.47. The van der Waals surface area contributed by atoms with Crippen LogP contribution in [0.15, 0.2) is 6.20 Å². The molecule has 0 spiro atoms. The Kier molecular flexibility index (Phi) is 4.87. The van der Waals surface area contributed by atoms with E-state index in [0.29, 0.717) is 18.1 Å². The Bertz CT molecular complexity index is 415. The van der Waals surface area contributed by atoms with Gasteiger partial charge in [-0.1, -0.05) is 25.4 Å². The second-order valence-corrected chi connectivity index (χ2v) is 6.04. The minimum Gasteiger partial charge on any atom is -0.383 e. The molecule has 0 amide bonds. The molecule has 1 aliphatic carbocycles. The van der Waals surface area contributed by atoms with Crippen LogP contribution < -0.4 is 5.32 Å². The van der Waals surface area contributed by atoms with Gasteiger partial charge in [0, 0.05) is 7.11 Å². The smallest absolute Gasteiger partial charge is 0.0834 e. The van der Waals surface area contributed by atoms with Crippen molar-refractivity contribution in [3.8, 4) is 0 Å². The molecule has 1 aromatic rings.